The molecule has 2 aromatic heterocycles. The molecule has 1 aromatic carbocycles. The van der Waals surface area contributed by atoms with Gasteiger partial charge in [0.05, 0.1) is 15.4 Å². The molecule has 5 nitrogen and oxygen atoms in total. The molecule has 0 aliphatic heterocycles. The van der Waals surface area contributed by atoms with Crippen LogP contribution in [-0.2, 0) is 0 Å². The second-order valence-corrected chi connectivity index (χ2v) is 4.84. The molecule has 0 saturated heterocycles. The molecule has 0 spiro atoms. The fourth-order valence-corrected chi connectivity index (χ4v) is 2.27. The summed E-state index contributed by atoms with van der Waals surface area (Å²) in [7, 11) is 0. The maximum absolute atomic E-state index is 6.02. The molecule has 0 atom stereocenters. The predicted octanol–water partition coefficient (Wildman–Crippen LogP) is 3.10. The number of benzene rings is 1. The van der Waals surface area contributed by atoms with Crippen LogP contribution in [0.3, 0.4) is 0 Å². The zero-order valence-electron chi connectivity index (χ0n) is 9.61. The highest BCUT2D eigenvalue weighted by Crippen LogP contribution is 2.34. The Morgan fingerprint density at radius 1 is 1.05 bits per heavy atom. The summed E-state index contributed by atoms with van der Waals surface area (Å²) in [6.45, 7) is 0. The summed E-state index contributed by atoms with van der Waals surface area (Å²) in [5.41, 5.74) is 13.8. The van der Waals surface area contributed by atoms with Gasteiger partial charge in [0.2, 0.25) is 5.95 Å². The van der Waals surface area contributed by atoms with Crippen molar-refractivity contribution in [1.82, 2.24) is 15.0 Å². The number of rotatable bonds is 1. The lowest BCUT2D eigenvalue weighted by atomic mass is 10.1. The highest BCUT2D eigenvalue weighted by molar-refractivity contribution is 6.42. The molecule has 0 radical (unpaired) electrons. The van der Waals surface area contributed by atoms with E-state index in [1.165, 1.54) is 0 Å². The number of aromatic amines is 1. The maximum Gasteiger partial charge on any atom is 0.223 e. The Labute approximate surface area is 118 Å². The van der Waals surface area contributed by atoms with Gasteiger partial charge in [-0.15, -0.1) is 0 Å². The molecule has 3 aromatic rings. The number of fused-ring (bicyclic) bond motifs is 1. The summed E-state index contributed by atoms with van der Waals surface area (Å²) in [4.78, 5) is 11.1. The molecule has 5 N–H and O–H groups in total. The number of halogens is 2. The monoisotopic (exact) mass is 293 g/mol. The van der Waals surface area contributed by atoms with Crippen molar-refractivity contribution >= 4 is 46.0 Å². The van der Waals surface area contributed by atoms with Crippen molar-refractivity contribution in [2.75, 3.05) is 11.5 Å². The Morgan fingerprint density at radius 2 is 1.84 bits per heavy atom. The summed E-state index contributed by atoms with van der Waals surface area (Å²) in [5, 5.41) is 1.69. The number of nitrogens with two attached hydrogens (primary N) is 2. The fraction of sp³-hybridized carbons (Fsp3) is 0. The van der Waals surface area contributed by atoms with Gasteiger partial charge >= 0.3 is 0 Å². The van der Waals surface area contributed by atoms with Crippen LogP contribution in [0.1, 0.15) is 0 Å². The molecule has 0 amide bonds. The van der Waals surface area contributed by atoms with Crippen LogP contribution in [0.5, 0.6) is 0 Å². The minimum absolute atomic E-state index is 0.132. The molecule has 7 heteroatoms. The molecule has 0 fully saturated rings. The van der Waals surface area contributed by atoms with Gasteiger partial charge in [0.25, 0.3) is 0 Å². The molecule has 2 heterocycles. The Morgan fingerprint density at radius 3 is 2.58 bits per heavy atom. The first-order valence-electron chi connectivity index (χ1n) is 5.42. The van der Waals surface area contributed by atoms with Crippen LogP contribution in [0.15, 0.2) is 24.4 Å². The van der Waals surface area contributed by atoms with Crippen LogP contribution in [-0.4, -0.2) is 15.0 Å². The Balaban J connectivity index is 2.28. The second kappa shape index (κ2) is 4.29. The normalized spacial score (nSPS) is 11.1. The Bertz CT molecular complexity index is 781. The smallest absolute Gasteiger partial charge is 0.223 e. The van der Waals surface area contributed by atoms with E-state index in [0.29, 0.717) is 26.9 Å². The molecule has 19 heavy (non-hydrogen) atoms. The summed E-state index contributed by atoms with van der Waals surface area (Å²) in [5.74, 6) is 0.456. The average molecular weight is 294 g/mol. The third-order valence-electron chi connectivity index (χ3n) is 2.81. The van der Waals surface area contributed by atoms with E-state index in [-0.39, 0.29) is 5.95 Å². The molecule has 0 aliphatic carbocycles. The summed E-state index contributed by atoms with van der Waals surface area (Å²) in [6.07, 6.45) is 1.79. The standard InChI is InChI=1S/C12H9Cl2N5/c13-7-2-1-5(3-8(7)14)6-4-17-11-9(6)10(15)18-12(16)19-11/h1-4H,(H5,15,16,17,18,19). The van der Waals surface area contributed by atoms with Crippen molar-refractivity contribution in [1.29, 1.82) is 0 Å². The van der Waals surface area contributed by atoms with Gasteiger partial charge in [0.1, 0.15) is 11.5 Å². The van der Waals surface area contributed by atoms with Gasteiger partial charge in [-0.05, 0) is 17.7 Å². The Hall–Kier alpha value is -1.98. The molecular formula is C12H9Cl2N5. The minimum Gasteiger partial charge on any atom is -0.383 e. The van der Waals surface area contributed by atoms with Crippen molar-refractivity contribution in [2.24, 2.45) is 0 Å². The molecule has 0 unspecified atom stereocenters. The lowest BCUT2D eigenvalue weighted by molar-refractivity contribution is 1.22. The largest absolute Gasteiger partial charge is 0.383 e. The number of hydrogen-bond acceptors (Lipinski definition) is 4. The van der Waals surface area contributed by atoms with Crippen LogP contribution >= 0.6 is 23.2 Å². The van der Waals surface area contributed by atoms with Gasteiger partial charge < -0.3 is 16.5 Å². The molecule has 0 saturated carbocycles. The topological polar surface area (TPSA) is 93.6 Å². The lowest BCUT2D eigenvalue weighted by Gasteiger charge is -2.04. The molecule has 0 bridgehead atoms. The van der Waals surface area contributed by atoms with Crippen LogP contribution in [0.2, 0.25) is 10.0 Å². The number of nitrogen functional groups attached to an aromatic ring is 2. The average Bonchev–Trinajstić information content (AvgIpc) is 2.76. The number of H-pyrrole nitrogens is 1. The summed E-state index contributed by atoms with van der Waals surface area (Å²) in [6, 6.07) is 5.35. The van der Waals surface area contributed by atoms with Gasteiger partial charge in [0, 0.05) is 11.8 Å². The van der Waals surface area contributed by atoms with E-state index < -0.39 is 0 Å². The summed E-state index contributed by atoms with van der Waals surface area (Å²) >= 11 is 11.9. The first kappa shape index (κ1) is 12.1. The minimum atomic E-state index is 0.132. The number of anilines is 2. The second-order valence-electron chi connectivity index (χ2n) is 4.02. The van der Waals surface area contributed by atoms with E-state index in [1.54, 1.807) is 18.3 Å². The van der Waals surface area contributed by atoms with E-state index in [2.05, 4.69) is 15.0 Å². The van der Waals surface area contributed by atoms with E-state index in [9.17, 15) is 0 Å². The zero-order chi connectivity index (χ0) is 13.6. The van der Waals surface area contributed by atoms with E-state index in [1.807, 2.05) is 6.07 Å². The number of hydrogen-bond donors (Lipinski definition) is 3. The molecular weight excluding hydrogens is 285 g/mol. The molecule has 0 aliphatic rings. The number of nitrogens with zero attached hydrogens (tertiary/aromatic N) is 2. The SMILES string of the molecule is Nc1nc(N)c2c(-c3ccc(Cl)c(Cl)c3)c[nH]c2n1. The molecule has 96 valence electrons. The van der Waals surface area contributed by atoms with Gasteiger partial charge in [-0.3, -0.25) is 0 Å². The zero-order valence-corrected chi connectivity index (χ0v) is 11.1. The quantitative estimate of drug-likeness (QED) is 0.643. The van der Waals surface area contributed by atoms with E-state index in [0.717, 1.165) is 11.1 Å². The first-order chi connectivity index (χ1) is 9.06. The van der Waals surface area contributed by atoms with Crippen molar-refractivity contribution < 1.29 is 0 Å². The van der Waals surface area contributed by atoms with E-state index in [4.69, 9.17) is 34.7 Å². The van der Waals surface area contributed by atoms with Crippen molar-refractivity contribution in [3.8, 4) is 11.1 Å². The van der Waals surface area contributed by atoms with Crippen LogP contribution in [0.25, 0.3) is 22.2 Å². The first-order valence-corrected chi connectivity index (χ1v) is 6.17. The number of nitrogens with one attached hydrogen (secondary N) is 1. The Kier molecular flexibility index (Phi) is 2.73. The van der Waals surface area contributed by atoms with Crippen LogP contribution in [0.4, 0.5) is 11.8 Å². The van der Waals surface area contributed by atoms with Crippen molar-refractivity contribution in [3.63, 3.8) is 0 Å². The van der Waals surface area contributed by atoms with E-state index >= 15 is 0 Å². The van der Waals surface area contributed by atoms with Crippen molar-refractivity contribution in [3.05, 3.63) is 34.4 Å². The van der Waals surface area contributed by atoms with Gasteiger partial charge in [-0.25, -0.2) is 0 Å². The maximum atomic E-state index is 6.02. The highest BCUT2D eigenvalue weighted by Gasteiger charge is 2.13. The van der Waals surface area contributed by atoms with Crippen LogP contribution in [0, 0.1) is 0 Å². The predicted molar refractivity (Wildman–Crippen MR) is 78.2 cm³/mol. The van der Waals surface area contributed by atoms with Gasteiger partial charge in [0.15, 0.2) is 0 Å². The third kappa shape index (κ3) is 1.97. The number of aromatic nitrogens is 3. The third-order valence-corrected chi connectivity index (χ3v) is 3.55. The van der Waals surface area contributed by atoms with Crippen LogP contribution < -0.4 is 11.5 Å². The fourth-order valence-electron chi connectivity index (χ4n) is 1.97. The lowest BCUT2D eigenvalue weighted by Crippen LogP contribution is -1.99. The summed E-state index contributed by atoms with van der Waals surface area (Å²) < 4.78 is 0. The van der Waals surface area contributed by atoms with Gasteiger partial charge in [-0.1, -0.05) is 29.3 Å². The highest BCUT2D eigenvalue weighted by atomic mass is 35.5. The molecule has 3 rings (SSSR count). The van der Waals surface area contributed by atoms with Crippen molar-refractivity contribution in [2.45, 2.75) is 0 Å². The van der Waals surface area contributed by atoms with Gasteiger partial charge in [-0.2, -0.15) is 9.97 Å².